The van der Waals surface area contributed by atoms with Crippen LogP contribution in [0.3, 0.4) is 0 Å². The maximum absolute atomic E-state index is 11.3. The van der Waals surface area contributed by atoms with Gasteiger partial charge in [-0.2, -0.15) is 0 Å². The van der Waals surface area contributed by atoms with Gasteiger partial charge < -0.3 is 10.1 Å². The highest BCUT2D eigenvalue weighted by molar-refractivity contribution is 5.96. The highest BCUT2D eigenvalue weighted by atomic mass is 16.5. The number of amides is 1. The van der Waals surface area contributed by atoms with Gasteiger partial charge >= 0.3 is 0 Å². The van der Waals surface area contributed by atoms with Gasteiger partial charge in [0.25, 0.3) is 0 Å². The molecule has 2 aliphatic heterocycles. The lowest BCUT2D eigenvalue weighted by Crippen LogP contribution is -2.50. The second kappa shape index (κ2) is 5.60. The van der Waals surface area contributed by atoms with Crippen LogP contribution in [0, 0.1) is 0 Å². The number of rotatable bonds is 4. The van der Waals surface area contributed by atoms with Crippen LogP contribution in [0.1, 0.15) is 26.2 Å². The number of Topliss-reactive ketones (excluding diaryl/α,β-unsaturated/α-hetero) is 1. The lowest BCUT2D eigenvalue weighted by Gasteiger charge is -2.35. The molecule has 2 heterocycles. The van der Waals surface area contributed by atoms with Crippen molar-refractivity contribution in [2.45, 2.75) is 38.3 Å². The molecule has 5 nitrogen and oxygen atoms in total. The summed E-state index contributed by atoms with van der Waals surface area (Å²) < 4.78 is 5.71. The number of morpholine rings is 1. The zero-order chi connectivity index (χ0) is 12.3. The molecule has 0 spiro atoms. The second-order valence-electron chi connectivity index (χ2n) is 4.93. The molecule has 2 unspecified atom stereocenters. The Morgan fingerprint density at radius 3 is 3.06 bits per heavy atom. The second-order valence-corrected chi connectivity index (χ2v) is 4.93. The van der Waals surface area contributed by atoms with Crippen LogP contribution in [0.5, 0.6) is 0 Å². The molecular weight excluding hydrogens is 220 g/mol. The van der Waals surface area contributed by atoms with Gasteiger partial charge in [0.1, 0.15) is 5.78 Å². The molecule has 0 aliphatic carbocycles. The summed E-state index contributed by atoms with van der Waals surface area (Å²) in [6.45, 7) is 4.74. The predicted molar refractivity (Wildman–Crippen MR) is 62.6 cm³/mol. The van der Waals surface area contributed by atoms with Crippen molar-refractivity contribution in [1.82, 2.24) is 10.2 Å². The summed E-state index contributed by atoms with van der Waals surface area (Å²) in [6.07, 6.45) is 2.51. The molecule has 2 rings (SSSR count). The van der Waals surface area contributed by atoms with Gasteiger partial charge in [-0.05, 0) is 26.3 Å². The van der Waals surface area contributed by atoms with Crippen molar-refractivity contribution in [2.24, 2.45) is 0 Å². The number of carbonyl (C=O) groups is 2. The lowest BCUT2D eigenvalue weighted by molar-refractivity contribution is -0.128. The average Bonchev–Trinajstić information content (AvgIpc) is 2.72. The van der Waals surface area contributed by atoms with Gasteiger partial charge in [-0.1, -0.05) is 0 Å². The van der Waals surface area contributed by atoms with E-state index in [2.05, 4.69) is 10.2 Å². The minimum absolute atomic E-state index is 0.0287. The molecule has 1 amide bonds. The molecular formula is C12H20N2O3. The van der Waals surface area contributed by atoms with E-state index in [4.69, 9.17) is 4.74 Å². The Labute approximate surface area is 101 Å². The Balaban J connectivity index is 1.69. The van der Waals surface area contributed by atoms with Crippen LogP contribution in [0.15, 0.2) is 0 Å². The van der Waals surface area contributed by atoms with Crippen molar-refractivity contribution in [1.29, 1.82) is 0 Å². The van der Waals surface area contributed by atoms with E-state index in [1.807, 2.05) is 0 Å². The fourth-order valence-electron chi connectivity index (χ4n) is 2.53. The van der Waals surface area contributed by atoms with Gasteiger partial charge in [-0.3, -0.25) is 14.5 Å². The van der Waals surface area contributed by atoms with Gasteiger partial charge in [-0.15, -0.1) is 0 Å². The summed E-state index contributed by atoms with van der Waals surface area (Å²) in [7, 11) is 0. The van der Waals surface area contributed by atoms with Gasteiger partial charge in [-0.25, -0.2) is 0 Å². The predicted octanol–water partition coefficient (Wildman–Crippen LogP) is -0.0551. The van der Waals surface area contributed by atoms with Crippen LogP contribution in [-0.2, 0) is 14.3 Å². The van der Waals surface area contributed by atoms with Crippen LogP contribution >= 0.6 is 0 Å². The normalized spacial score (nSPS) is 28.8. The minimum Gasteiger partial charge on any atom is -0.373 e. The Hall–Kier alpha value is -0.940. The molecule has 0 aromatic heterocycles. The van der Waals surface area contributed by atoms with E-state index in [1.165, 1.54) is 19.8 Å². The molecule has 1 N–H and O–H groups in total. The summed E-state index contributed by atoms with van der Waals surface area (Å²) in [5, 5.41) is 2.75. The van der Waals surface area contributed by atoms with E-state index >= 15 is 0 Å². The first kappa shape index (κ1) is 12.5. The molecule has 0 aromatic rings. The van der Waals surface area contributed by atoms with E-state index in [1.54, 1.807) is 0 Å². The largest absolute Gasteiger partial charge is 0.373 e. The first-order valence-corrected chi connectivity index (χ1v) is 6.27. The SMILES string of the molecule is CC(=O)CC(=O)NCC1CN2CCCC2CO1. The van der Waals surface area contributed by atoms with Gasteiger partial charge in [0, 0.05) is 19.1 Å². The molecule has 2 aliphatic rings. The third kappa shape index (κ3) is 3.51. The van der Waals surface area contributed by atoms with Crippen molar-refractivity contribution in [2.75, 3.05) is 26.2 Å². The van der Waals surface area contributed by atoms with Crippen molar-refractivity contribution in [3.63, 3.8) is 0 Å². The first-order chi connectivity index (χ1) is 8.15. The van der Waals surface area contributed by atoms with Gasteiger partial charge in [0.05, 0.1) is 19.1 Å². The fraction of sp³-hybridized carbons (Fsp3) is 0.833. The van der Waals surface area contributed by atoms with Gasteiger partial charge in [0.2, 0.25) is 5.91 Å². The number of hydrogen-bond acceptors (Lipinski definition) is 4. The van der Waals surface area contributed by atoms with Crippen molar-refractivity contribution < 1.29 is 14.3 Å². The Morgan fingerprint density at radius 2 is 2.29 bits per heavy atom. The van der Waals surface area contributed by atoms with Crippen LogP contribution in [-0.4, -0.2) is 55.0 Å². The van der Waals surface area contributed by atoms with E-state index < -0.39 is 0 Å². The minimum atomic E-state index is -0.204. The summed E-state index contributed by atoms with van der Waals surface area (Å²) in [6, 6.07) is 0.583. The van der Waals surface area contributed by atoms with E-state index in [0.29, 0.717) is 12.6 Å². The number of fused-ring (bicyclic) bond motifs is 1. The Morgan fingerprint density at radius 1 is 1.47 bits per heavy atom. The number of nitrogens with zero attached hydrogens (tertiary/aromatic N) is 1. The molecule has 2 saturated heterocycles. The lowest BCUT2D eigenvalue weighted by atomic mass is 10.2. The maximum Gasteiger partial charge on any atom is 0.227 e. The average molecular weight is 240 g/mol. The molecule has 2 atom stereocenters. The number of nitrogens with one attached hydrogen (secondary N) is 1. The maximum atomic E-state index is 11.3. The Bertz CT molecular complexity index is 306. The molecule has 2 fully saturated rings. The fourth-order valence-corrected chi connectivity index (χ4v) is 2.53. The van der Waals surface area contributed by atoms with E-state index in [-0.39, 0.29) is 24.2 Å². The summed E-state index contributed by atoms with van der Waals surface area (Å²) in [4.78, 5) is 24.5. The first-order valence-electron chi connectivity index (χ1n) is 6.27. The number of ether oxygens (including phenoxy) is 1. The van der Waals surface area contributed by atoms with Crippen LogP contribution < -0.4 is 5.32 Å². The van der Waals surface area contributed by atoms with Crippen molar-refractivity contribution in [3.05, 3.63) is 0 Å². The highest BCUT2D eigenvalue weighted by Gasteiger charge is 2.32. The molecule has 0 aromatic carbocycles. The third-order valence-electron chi connectivity index (χ3n) is 3.40. The van der Waals surface area contributed by atoms with Crippen LogP contribution in [0.2, 0.25) is 0 Å². The smallest absolute Gasteiger partial charge is 0.227 e. The highest BCUT2D eigenvalue weighted by Crippen LogP contribution is 2.22. The molecule has 17 heavy (non-hydrogen) atoms. The number of ketones is 1. The zero-order valence-electron chi connectivity index (χ0n) is 10.3. The molecule has 96 valence electrons. The Kier molecular flexibility index (Phi) is 4.12. The van der Waals surface area contributed by atoms with Crippen LogP contribution in [0.25, 0.3) is 0 Å². The standard InChI is InChI=1S/C12H20N2O3/c1-9(15)5-12(16)13-6-11-7-14-4-2-3-10(14)8-17-11/h10-11H,2-8H2,1H3,(H,13,16). The molecule has 0 radical (unpaired) electrons. The topological polar surface area (TPSA) is 58.6 Å². The zero-order valence-corrected chi connectivity index (χ0v) is 10.3. The summed E-state index contributed by atoms with van der Waals surface area (Å²) in [5.41, 5.74) is 0. The van der Waals surface area contributed by atoms with E-state index in [9.17, 15) is 9.59 Å². The molecule has 0 bridgehead atoms. The van der Waals surface area contributed by atoms with E-state index in [0.717, 1.165) is 19.7 Å². The molecule has 0 saturated carbocycles. The molecule has 5 heteroatoms. The third-order valence-corrected chi connectivity index (χ3v) is 3.40. The summed E-state index contributed by atoms with van der Waals surface area (Å²) in [5.74, 6) is -0.309. The summed E-state index contributed by atoms with van der Waals surface area (Å²) >= 11 is 0. The number of hydrogen-bond donors (Lipinski definition) is 1. The quantitative estimate of drug-likeness (QED) is 0.700. The monoisotopic (exact) mass is 240 g/mol. The van der Waals surface area contributed by atoms with Gasteiger partial charge in [0.15, 0.2) is 0 Å². The van der Waals surface area contributed by atoms with Crippen molar-refractivity contribution >= 4 is 11.7 Å². The van der Waals surface area contributed by atoms with Crippen LogP contribution in [0.4, 0.5) is 0 Å². The number of carbonyl (C=O) groups excluding carboxylic acids is 2. The van der Waals surface area contributed by atoms with Crippen molar-refractivity contribution in [3.8, 4) is 0 Å².